The molecule has 13 nitrogen and oxygen atoms in total. The summed E-state index contributed by atoms with van der Waals surface area (Å²) < 4.78 is 27.5. The summed E-state index contributed by atoms with van der Waals surface area (Å²) in [6.07, 6.45) is 0.240. The molecule has 2 aromatic heterocycles. The highest BCUT2D eigenvalue weighted by molar-refractivity contribution is 6.34. The minimum Gasteiger partial charge on any atom is -0.493 e. The predicted octanol–water partition coefficient (Wildman–Crippen LogP) is 4.02. The van der Waals surface area contributed by atoms with Gasteiger partial charge in [-0.25, -0.2) is 19.6 Å². The van der Waals surface area contributed by atoms with E-state index in [1.807, 2.05) is 6.07 Å². The first kappa shape index (κ1) is 35.1. The number of carbonyl (C=O) groups excluding carboxylic acids is 5. The molecule has 47 heavy (non-hydrogen) atoms. The third-order valence-corrected chi connectivity index (χ3v) is 7.50. The zero-order chi connectivity index (χ0) is 34.2. The lowest BCUT2D eigenvalue weighted by molar-refractivity contribution is -0.176. The van der Waals surface area contributed by atoms with Crippen molar-refractivity contribution < 1.29 is 47.7 Å². The van der Waals surface area contributed by atoms with Crippen LogP contribution in [0.4, 0.5) is 0 Å². The Kier molecular flexibility index (Phi) is 11.7. The van der Waals surface area contributed by atoms with Gasteiger partial charge in [-0.05, 0) is 25.0 Å². The normalized spacial score (nSPS) is 19.7. The number of nitrogens with one attached hydrogen (secondary N) is 1. The highest BCUT2D eigenvalue weighted by atomic mass is 35.5. The Morgan fingerprint density at radius 1 is 1.06 bits per heavy atom. The molecule has 0 spiro atoms. The number of cyclic esters (lactones) is 2. The van der Waals surface area contributed by atoms with Gasteiger partial charge in [0.2, 0.25) is 5.75 Å². The number of methoxy groups -OCH3 is 1. The summed E-state index contributed by atoms with van der Waals surface area (Å²) in [6.45, 7) is 4.10. The summed E-state index contributed by atoms with van der Waals surface area (Å²) in [5, 5.41) is 2.31. The largest absolute Gasteiger partial charge is 0.493 e. The van der Waals surface area contributed by atoms with Gasteiger partial charge in [0.05, 0.1) is 23.6 Å². The molecular formula is C32H31Cl2N3O10. The van der Waals surface area contributed by atoms with Crippen LogP contribution in [-0.4, -0.2) is 71.7 Å². The first-order valence-electron chi connectivity index (χ1n) is 14.4. The minimum atomic E-state index is -1.53. The Hall–Kier alpha value is -4.75. The Morgan fingerprint density at radius 2 is 1.79 bits per heavy atom. The number of benzene rings is 1. The van der Waals surface area contributed by atoms with Crippen molar-refractivity contribution in [3.8, 4) is 11.5 Å². The number of pyridine rings is 2. The zero-order valence-electron chi connectivity index (χ0n) is 25.7. The van der Waals surface area contributed by atoms with E-state index in [-0.39, 0.29) is 27.9 Å². The number of hydrogen-bond acceptors (Lipinski definition) is 12. The van der Waals surface area contributed by atoms with Crippen LogP contribution >= 0.6 is 23.2 Å². The van der Waals surface area contributed by atoms with E-state index >= 15 is 0 Å². The van der Waals surface area contributed by atoms with E-state index in [9.17, 15) is 24.0 Å². The van der Waals surface area contributed by atoms with Crippen molar-refractivity contribution in [2.24, 2.45) is 11.8 Å². The molecule has 3 aromatic rings. The van der Waals surface area contributed by atoms with E-state index in [0.717, 1.165) is 5.56 Å². The van der Waals surface area contributed by atoms with Crippen LogP contribution in [0.1, 0.15) is 47.2 Å². The summed E-state index contributed by atoms with van der Waals surface area (Å²) in [6, 6.07) is 10.0. The first-order chi connectivity index (χ1) is 22.4. The van der Waals surface area contributed by atoms with Crippen molar-refractivity contribution in [2.45, 2.75) is 45.4 Å². The molecule has 1 fully saturated rings. The van der Waals surface area contributed by atoms with Crippen LogP contribution in [0.25, 0.3) is 0 Å². The molecule has 1 N–H and O–H groups in total. The summed E-state index contributed by atoms with van der Waals surface area (Å²) >= 11 is 12.0. The summed E-state index contributed by atoms with van der Waals surface area (Å²) in [4.78, 5) is 73.8. The van der Waals surface area contributed by atoms with Crippen LogP contribution in [0.2, 0.25) is 10.2 Å². The molecule has 0 aliphatic carbocycles. The maximum absolute atomic E-state index is 13.5. The number of esters is 4. The van der Waals surface area contributed by atoms with E-state index in [1.165, 1.54) is 38.6 Å². The molecule has 248 valence electrons. The number of ether oxygens (including phenoxy) is 5. The topological polar surface area (TPSA) is 169 Å². The standard InChI is InChI=1S/C32H31Cl2N3O10/c1-16(2)29(39)46-25-17(3)45-32(42)22(15-44-30(40)20(25)12-18-8-6-5-7-9-18)37-28(38)24-26(23(43-4)10-11-35-24)47-31(41)21-13-19(33)14-36-27(21)34/h5-11,13-14,16-17,20,22,25H,12,15H2,1-4H3,(H,37,38)/t17-,20+,22?,25?/m0/s1. The average molecular weight is 689 g/mol. The molecule has 1 aliphatic heterocycles. The van der Waals surface area contributed by atoms with Crippen LogP contribution in [0.3, 0.4) is 0 Å². The Labute approximate surface area is 279 Å². The molecule has 0 radical (unpaired) electrons. The Balaban J connectivity index is 1.61. The fourth-order valence-corrected chi connectivity index (χ4v) is 4.88. The van der Waals surface area contributed by atoms with Gasteiger partial charge in [0.15, 0.2) is 23.6 Å². The molecule has 1 aliphatic rings. The lowest BCUT2D eigenvalue weighted by Crippen LogP contribution is -2.47. The van der Waals surface area contributed by atoms with Gasteiger partial charge in [-0.1, -0.05) is 67.4 Å². The van der Waals surface area contributed by atoms with Crippen molar-refractivity contribution in [3.05, 3.63) is 81.9 Å². The lowest BCUT2D eigenvalue weighted by Gasteiger charge is -2.29. The van der Waals surface area contributed by atoms with Crippen molar-refractivity contribution >= 4 is 53.0 Å². The number of carbonyl (C=O) groups is 5. The van der Waals surface area contributed by atoms with Gasteiger partial charge in [-0.15, -0.1) is 0 Å². The third-order valence-electron chi connectivity index (χ3n) is 6.99. The van der Waals surface area contributed by atoms with Crippen LogP contribution in [0, 0.1) is 11.8 Å². The molecule has 1 amide bonds. The van der Waals surface area contributed by atoms with Gasteiger partial charge in [-0.2, -0.15) is 0 Å². The third kappa shape index (κ3) is 8.74. The van der Waals surface area contributed by atoms with Gasteiger partial charge in [-0.3, -0.25) is 14.4 Å². The smallest absolute Gasteiger partial charge is 0.346 e. The van der Waals surface area contributed by atoms with Crippen LogP contribution in [0.5, 0.6) is 11.5 Å². The number of rotatable bonds is 9. The van der Waals surface area contributed by atoms with Crippen LogP contribution in [0.15, 0.2) is 54.9 Å². The fourth-order valence-electron chi connectivity index (χ4n) is 4.54. The van der Waals surface area contributed by atoms with E-state index in [4.69, 9.17) is 46.9 Å². The van der Waals surface area contributed by atoms with Crippen molar-refractivity contribution in [1.82, 2.24) is 15.3 Å². The monoisotopic (exact) mass is 687 g/mol. The molecule has 4 atom stereocenters. The number of hydrogen-bond donors (Lipinski definition) is 1. The van der Waals surface area contributed by atoms with Gasteiger partial charge in [0.1, 0.15) is 23.8 Å². The van der Waals surface area contributed by atoms with E-state index in [2.05, 4.69) is 15.3 Å². The van der Waals surface area contributed by atoms with E-state index in [1.54, 1.807) is 38.1 Å². The van der Waals surface area contributed by atoms with Gasteiger partial charge < -0.3 is 29.0 Å². The zero-order valence-corrected chi connectivity index (χ0v) is 27.2. The number of nitrogens with zero attached hydrogens (tertiary/aromatic N) is 2. The first-order valence-corrected chi connectivity index (χ1v) is 15.1. The van der Waals surface area contributed by atoms with Crippen molar-refractivity contribution in [3.63, 3.8) is 0 Å². The molecular weight excluding hydrogens is 657 g/mol. The maximum atomic E-state index is 13.5. The van der Waals surface area contributed by atoms with E-state index in [0.29, 0.717) is 0 Å². The predicted molar refractivity (Wildman–Crippen MR) is 166 cm³/mol. The summed E-state index contributed by atoms with van der Waals surface area (Å²) in [7, 11) is 1.27. The molecule has 1 aromatic carbocycles. The molecule has 2 unspecified atom stereocenters. The second kappa shape index (κ2) is 15.7. The second-order valence-corrected chi connectivity index (χ2v) is 11.5. The maximum Gasteiger partial charge on any atom is 0.346 e. The number of amides is 1. The molecule has 0 saturated carbocycles. The van der Waals surface area contributed by atoms with Gasteiger partial charge in [0, 0.05) is 18.5 Å². The molecule has 0 bridgehead atoms. The summed E-state index contributed by atoms with van der Waals surface area (Å²) in [5.74, 6) is -6.43. The average Bonchev–Trinajstić information content (AvgIpc) is 3.08. The van der Waals surface area contributed by atoms with Crippen molar-refractivity contribution in [1.29, 1.82) is 0 Å². The molecule has 15 heteroatoms. The van der Waals surface area contributed by atoms with Crippen LogP contribution < -0.4 is 14.8 Å². The van der Waals surface area contributed by atoms with Crippen molar-refractivity contribution in [2.75, 3.05) is 13.7 Å². The SMILES string of the molecule is COc1ccnc(C(=O)NC2COC(=O)[C@H](Cc3ccccc3)C(OC(=O)C(C)C)[C@H](C)OC2=O)c1OC(=O)c1cc(Cl)cnc1Cl. The van der Waals surface area contributed by atoms with Crippen LogP contribution in [-0.2, 0) is 35.0 Å². The Bertz CT molecular complexity index is 1650. The fraction of sp³-hybridized carbons (Fsp3) is 0.344. The lowest BCUT2D eigenvalue weighted by atomic mass is 9.91. The number of halogens is 2. The number of aromatic nitrogens is 2. The molecule has 1 saturated heterocycles. The quantitative estimate of drug-likeness (QED) is 0.195. The highest BCUT2D eigenvalue weighted by Gasteiger charge is 2.42. The highest BCUT2D eigenvalue weighted by Crippen LogP contribution is 2.32. The second-order valence-electron chi connectivity index (χ2n) is 10.7. The van der Waals surface area contributed by atoms with Gasteiger partial charge in [0.25, 0.3) is 5.91 Å². The van der Waals surface area contributed by atoms with Gasteiger partial charge >= 0.3 is 23.9 Å². The Morgan fingerprint density at radius 3 is 2.47 bits per heavy atom. The minimum absolute atomic E-state index is 0.0553. The molecule has 3 heterocycles. The molecule has 4 rings (SSSR count). The van der Waals surface area contributed by atoms with E-state index < -0.39 is 77.9 Å². The summed E-state index contributed by atoms with van der Waals surface area (Å²) in [5.41, 5.74) is 0.0974.